The van der Waals surface area contributed by atoms with E-state index in [-0.39, 0.29) is 28.7 Å². The minimum absolute atomic E-state index is 0.0156. The third-order valence-corrected chi connectivity index (χ3v) is 5.15. The molecule has 0 bridgehead atoms. The van der Waals surface area contributed by atoms with E-state index in [1.54, 1.807) is 20.8 Å². The first-order chi connectivity index (χ1) is 13.3. The third-order valence-electron chi connectivity index (χ3n) is 4.33. The molecule has 10 heteroatoms. The number of nitrogens with zero attached hydrogens (tertiary/aromatic N) is 2. The summed E-state index contributed by atoms with van der Waals surface area (Å²) in [6.07, 6.45) is -5.83. The summed E-state index contributed by atoms with van der Waals surface area (Å²) < 4.78 is 43.8. The van der Waals surface area contributed by atoms with Crippen LogP contribution in [0.2, 0.25) is 10.0 Å². The van der Waals surface area contributed by atoms with Gasteiger partial charge in [-0.25, -0.2) is 4.79 Å². The number of ether oxygens (including phenoxy) is 1. The molecular weight excluding hydrogens is 432 g/mol. The van der Waals surface area contributed by atoms with Crippen molar-refractivity contribution in [1.29, 1.82) is 0 Å². The predicted octanol–water partition coefficient (Wildman–Crippen LogP) is 5.40. The number of likely N-dealkylation sites (tertiary alicyclic amines) is 1. The molecule has 1 aromatic carbocycles. The number of halogens is 5. The molecule has 1 atom stereocenters. The Bertz CT molecular complexity index is 766. The fourth-order valence-corrected chi connectivity index (χ4v) is 3.39. The van der Waals surface area contributed by atoms with Gasteiger partial charge in [0.1, 0.15) is 5.60 Å². The summed E-state index contributed by atoms with van der Waals surface area (Å²) in [4.78, 5) is 27.8. The quantitative estimate of drug-likeness (QED) is 0.611. The number of hydrogen-bond donors (Lipinski definition) is 0. The predicted molar refractivity (Wildman–Crippen MR) is 104 cm³/mol. The second kappa shape index (κ2) is 9.00. The maximum atomic E-state index is 13.0. The molecule has 1 fully saturated rings. The SMILES string of the molecule is CC(C)(C)OC(=O)N1CC[C@H](N(CCC(F)(F)F)C(=O)c2cccc(Cl)c2Cl)C1. The van der Waals surface area contributed by atoms with Gasteiger partial charge in [-0.05, 0) is 39.3 Å². The van der Waals surface area contributed by atoms with Gasteiger partial charge in [-0.15, -0.1) is 0 Å². The molecule has 0 aliphatic carbocycles. The number of hydrogen-bond acceptors (Lipinski definition) is 3. The largest absolute Gasteiger partial charge is 0.444 e. The zero-order chi connectivity index (χ0) is 22.0. The van der Waals surface area contributed by atoms with Gasteiger partial charge in [-0.3, -0.25) is 4.79 Å². The van der Waals surface area contributed by atoms with Crippen LogP contribution in [0, 0.1) is 0 Å². The summed E-state index contributed by atoms with van der Waals surface area (Å²) in [5, 5.41) is 0.119. The topological polar surface area (TPSA) is 49.9 Å². The molecule has 0 N–H and O–H groups in total. The molecule has 0 saturated carbocycles. The van der Waals surface area contributed by atoms with Crippen molar-refractivity contribution in [3.8, 4) is 0 Å². The van der Waals surface area contributed by atoms with Crippen molar-refractivity contribution in [2.24, 2.45) is 0 Å². The van der Waals surface area contributed by atoms with E-state index >= 15 is 0 Å². The fourth-order valence-electron chi connectivity index (χ4n) is 3.01. The summed E-state index contributed by atoms with van der Waals surface area (Å²) in [7, 11) is 0. The van der Waals surface area contributed by atoms with E-state index in [0.29, 0.717) is 6.42 Å². The first-order valence-electron chi connectivity index (χ1n) is 9.08. The molecule has 162 valence electrons. The minimum Gasteiger partial charge on any atom is -0.444 e. The van der Waals surface area contributed by atoms with Crippen molar-refractivity contribution in [2.75, 3.05) is 19.6 Å². The lowest BCUT2D eigenvalue weighted by atomic mass is 10.1. The second-order valence-electron chi connectivity index (χ2n) is 7.83. The van der Waals surface area contributed by atoms with Crippen molar-refractivity contribution in [2.45, 2.75) is 51.4 Å². The van der Waals surface area contributed by atoms with E-state index in [1.807, 2.05) is 0 Å². The molecule has 1 saturated heterocycles. The second-order valence-corrected chi connectivity index (χ2v) is 8.62. The third kappa shape index (κ3) is 6.67. The van der Waals surface area contributed by atoms with Crippen molar-refractivity contribution in [3.05, 3.63) is 33.8 Å². The van der Waals surface area contributed by atoms with Crippen LogP contribution in [0.3, 0.4) is 0 Å². The van der Waals surface area contributed by atoms with Crippen molar-refractivity contribution < 1.29 is 27.5 Å². The molecular formula is C19H23Cl2F3N2O3. The maximum absolute atomic E-state index is 13.0. The highest BCUT2D eigenvalue weighted by atomic mass is 35.5. The first-order valence-corrected chi connectivity index (χ1v) is 9.84. The van der Waals surface area contributed by atoms with Gasteiger partial charge < -0.3 is 14.5 Å². The Morgan fingerprint density at radius 1 is 1.24 bits per heavy atom. The van der Waals surface area contributed by atoms with Crippen LogP contribution >= 0.6 is 23.2 Å². The molecule has 1 heterocycles. The van der Waals surface area contributed by atoms with E-state index in [0.717, 1.165) is 4.90 Å². The lowest BCUT2D eigenvalue weighted by Gasteiger charge is -2.30. The molecule has 1 aliphatic heterocycles. The monoisotopic (exact) mass is 454 g/mol. The lowest BCUT2D eigenvalue weighted by molar-refractivity contribution is -0.137. The Hall–Kier alpha value is -1.67. The number of rotatable bonds is 4. The number of benzene rings is 1. The van der Waals surface area contributed by atoms with Gasteiger partial charge >= 0.3 is 12.3 Å². The molecule has 0 spiro atoms. The zero-order valence-corrected chi connectivity index (χ0v) is 17.9. The van der Waals surface area contributed by atoms with Crippen LogP contribution in [0.25, 0.3) is 0 Å². The molecule has 2 rings (SSSR count). The molecule has 0 radical (unpaired) electrons. The van der Waals surface area contributed by atoms with Crippen molar-refractivity contribution >= 4 is 35.2 Å². The van der Waals surface area contributed by atoms with Crippen LogP contribution in [-0.2, 0) is 4.74 Å². The number of carbonyl (C=O) groups is 2. The van der Waals surface area contributed by atoms with E-state index in [9.17, 15) is 22.8 Å². The Morgan fingerprint density at radius 3 is 2.48 bits per heavy atom. The number of alkyl halides is 3. The van der Waals surface area contributed by atoms with Gasteiger partial charge in [-0.1, -0.05) is 29.3 Å². The maximum Gasteiger partial charge on any atom is 0.410 e. The van der Waals surface area contributed by atoms with Crippen molar-refractivity contribution in [3.63, 3.8) is 0 Å². The average Bonchev–Trinajstić information content (AvgIpc) is 3.04. The van der Waals surface area contributed by atoms with Crippen LogP contribution in [0.4, 0.5) is 18.0 Å². The standard InChI is InChI=1S/C19H23Cl2F3N2O3/c1-18(2,3)29-17(28)25-9-7-12(11-25)26(10-8-19(22,23)24)16(27)13-5-4-6-14(20)15(13)21/h4-6,12H,7-11H2,1-3H3/t12-/m0/s1. The Balaban J connectivity index is 2.21. The molecule has 0 aromatic heterocycles. The molecule has 0 unspecified atom stereocenters. The van der Waals surface area contributed by atoms with E-state index in [2.05, 4.69) is 0 Å². The Kier molecular flexibility index (Phi) is 7.32. The molecule has 29 heavy (non-hydrogen) atoms. The smallest absolute Gasteiger partial charge is 0.410 e. The summed E-state index contributed by atoms with van der Waals surface area (Å²) in [6, 6.07) is 3.82. The van der Waals surface area contributed by atoms with Gasteiger partial charge in [0.15, 0.2) is 0 Å². The van der Waals surface area contributed by atoms with Gasteiger partial charge in [0.05, 0.1) is 28.1 Å². The minimum atomic E-state index is -4.43. The lowest BCUT2D eigenvalue weighted by Crippen LogP contribution is -2.45. The van der Waals surface area contributed by atoms with Gasteiger partial charge in [0.2, 0.25) is 0 Å². The van der Waals surface area contributed by atoms with Crippen LogP contribution in [-0.4, -0.2) is 59.3 Å². The highest BCUT2D eigenvalue weighted by Crippen LogP contribution is 2.30. The number of amides is 2. The molecule has 5 nitrogen and oxygen atoms in total. The van der Waals surface area contributed by atoms with Gasteiger partial charge in [0.25, 0.3) is 5.91 Å². The first kappa shape index (κ1) is 23.6. The van der Waals surface area contributed by atoms with E-state index in [4.69, 9.17) is 27.9 Å². The average molecular weight is 455 g/mol. The Morgan fingerprint density at radius 2 is 1.90 bits per heavy atom. The molecule has 1 aromatic rings. The highest BCUT2D eigenvalue weighted by Gasteiger charge is 2.38. The highest BCUT2D eigenvalue weighted by molar-refractivity contribution is 6.43. The van der Waals surface area contributed by atoms with Gasteiger partial charge in [-0.2, -0.15) is 13.2 Å². The fraction of sp³-hybridized carbons (Fsp3) is 0.579. The summed E-state index contributed by atoms with van der Waals surface area (Å²) in [5.74, 6) is -0.655. The molecule has 1 aliphatic rings. The van der Waals surface area contributed by atoms with E-state index < -0.39 is 42.8 Å². The Labute approximate surface area is 177 Å². The van der Waals surface area contributed by atoms with Crippen molar-refractivity contribution in [1.82, 2.24) is 9.80 Å². The summed E-state index contributed by atoms with van der Waals surface area (Å²) in [5.41, 5.74) is -0.674. The normalized spacial score (nSPS) is 17.4. The summed E-state index contributed by atoms with van der Waals surface area (Å²) in [6.45, 7) is 4.98. The molecule has 2 amide bonds. The van der Waals surface area contributed by atoms with Crippen LogP contribution in [0.15, 0.2) is 18.2 Å². The van der Waals surface area contributed by atoms with Crippen LogP contribution in [0.1, 0.15) is 44.0 Å². The van der Waals surface area contributed by atoms with E-state index in [1.165, 1.54) is 23.1 Å². The van der Waals surface area contributed by atoms with Crippen LogP contribution in [0.5, 0.6) is 0 Å². The van der Waals surface area contributed by atoms with Gasteiger partial charge in [0, 0.05) is 19.6 Å². The summed E-state index contributed by atoms with van der Waals surface area (Å²) >= 11 is 12.0. The van der Waals surface area contributed by atoms with Crippen LogP contribution < -0.4 is 0 Å². The number of carbonyl (C=O) groups excluding carboxylic acids is 2. The zero-order valence-electron chi connectivity index (χ0n) is 16.4.